The number of halogens is 1. The van der Waals surface area contributed by atoms with Crippen LogP contribution in [0.3, 0.4) is 0 Å². The fraction of sp³-hybridized carbons (Fsp3) is 0.273. The molecule has 2 aromatic rings. The Bertz CT molecular complexity index is 579. The molecule has 0 unspecified atom stereocenters. The quantitative estimate of drug-likeness (QED) is 0.661. The smallest absolute Gasteiger partial charge is 0.221 e. The van der Waals surface area contributed by atoms with E-state index in [4.69, 9.17) is 5.73 Å². The predicted octanol–water partition coefficient (Wildman–Crippen LogP) is 2.06. The SMILES string of the molecule is Cc1nc(Sc2nc(N)ncc2F)nc(C)c1C. The van der Waals surface area contributed by atoms with Gasteiger partial charge in [0.2, 0.25) is 5.95 Å². The molecule has 0 aliphatic carbocycles. The molecule has 7 heteroatoms. The summed E-state index contributed by atoms with van der Waals surface area (Å²) in [5.41, 5.74) is 8.19. The van der Waals surface area contributed by atoms with Gasteiger partial charge in [-0.3, -0.25) is 0 Å². The second-order valence-corrected chi connectivity index (χ2v) is 4.74. The van der Waals surface area contributed by atoms with Gasteiger partial charge < -0.3 is 5.73 Å². The van der Waals surface area contributed by atoms with Gasteiger partial charge in [-0.05, 0) is 38.1 Å². The Morgan fingerprint density at radius 3 is 2.33 bits per heavy atom. The minimum atomic E-state index is -0.534. The van der Waals surface area contributed by atoms with E-state index in [1.54, 1.807) is 0 Å². The summed E-state index contributed by atoms with van der Waals surface area (Å²) in [6, 6.07) is 0. The number of aryl methyl sites for hydroxylation is 2. The van der Waals surface area contributed by atoms with Gasteiger partial charge in [-0.2, -0.15) is 0 Å². The third-order valence-corrected chi connectivity index (χ3v) is 3.38. The molecule has 0 aliphatic heterocycles. The Morgan fingerprint density at radius 1 is 1.11 bits per heavy atom. The molecule has 5 nitrogen and oxygen atoms in total. The number of nitrogens with two attached hydrogens (primary N) is 1. The zero-order valence-electron chi connectivity index (χ0n) is 10.2. The molecular formula is C11H12FN5S. The van der Waals surface area contributed by atoms with Crippen LogP contribution in [0.15, 0.2) is 16.4 Å². The molecular weight excluding hydrogens is 253 g/mol. The van der Waals surface area contributed by atoms with Crippen LogP contribution < -0.4 is 5.73 Å². The highest BCUT2D eigenvalue weighted by Gasteiger charge is 2.11. The zero-order chi connectivity index (χ0) is 13.3. The third-order valence-electron chi connectivity index (χ3n) is 2.53. The zero-order valence-corrected chi connectivity index (χ0v) is 11.0. The summed E-state index contributed by atoms with van der Waals surface area (Å²) >= 11 is 1.04. The van der Waals surface area contributed by atoms with E-state index in [1.807, 2.05) is 20.8 Å². The molecule has 0 fully saturated rings. The second kappa shape index (κ2) is 4.85. The van der Waals surface area contributed by atoms with E-state index in [0.717, 1.165) is 34.9 Å². The minimum absolute atomic E-state index is 0.0273. The standard InChI is InChI=1S/C11H12FN5S/c1-5-6(2)15-11(16-7(5)3)18-9-8(12)4-14-10(13)17-9/h4H,1-3H3,(H2,13,14,17). The van der Waals surface area contributed by atoms with Crippen LogP contribution in [0.4, 0.5) is 10.3 Å². The number of aromatic nitrogens is 4. The molecule has 0 spiro atoms. The number of nitrogens with zero attached hydrogens (tertiary/aromatic N) is 4. The first kappa shape index (κ1) is 12.7. The average Bonchev–Trinajstić information content (AvgIpc) is 2.31. The van der Waals surface area contributed by atoms with Crippen molar-refractivity contribution in [1.29, 1.82) is 0 Å². The molecule has 2 heterocycles. The van der Waals surface area contributed by atoms with E-state index in [0.29, 0.717) is 5.16 Å². The Morgan fingerprint density at radius 2 is 1.72 bits per heavy atom. The fourth-order valence-electron chi connectivity index (χ4n) is 1.31. The van der Waals surface area contributed by atoms with Gasteiger partial charge in [0.25, 0.3) is 0 Å². The highest BCUT2D eigenvalue weighted by molar-refractivity contribution is 7.99. The molecule has 2 N–H and O–H groups in total. The summed E-state index contributed by atoms with van der Waals surface area (Å²) in [5.74, 6) is -0.506. The minimum Gasteiger partial charge on any atom is -0.368 e. The number of anilines is 1. The molecule has 0 atom stereocenters. The summed E-state index contributed by atoms with van der Waals surface area (Å²) in [6.07, 6.45) is 1.04. The molecule has 0 amide bonds. The Kier molecular flexibility index (Phi) is 3.42. The summed E-state index contributed by atoms with van der Waals surface area (Å²) in [5, 5.41) is 0.581. The van der Waals surface area contributed by atoms with Crippen molar-refractivity contribution >= 4 is 17.7 Å². The summed E-state index contributed by atoms with van der Waals surface area (Å²) < 4.78 is 13.5. The van der Waals surface area contributed by atoms with E-state index >= 15 is 0 Å². The lowest BCUT2D eigenvalue weighted by Gasteiger charge is -2.06. The monoisotopic (exact) mass is 265 g/mol. The van der Waals surface area contributed by atoms with Gasteiger partial charge in [-0.1, -0.05) is 0 Å². The average molecular weight is 265 g/mol. The maximum Gasteiger partial charge on any atom is 0.221 e. The van der Waals surface area contributed by atoms with Crippen LogP contribution in [0, 0.1) is 26.6 Å². The van der Waals surface area contributed by atoms with Crippen LogP contribution in [0.25, 0.3) is 0 Å². The molecule has 2 rings (SSSR count). The van der Waals surface area contributed by atoms with Gasteiger partial charge >= 0.3 is 0 Å². The molecule has 18 heavy (non-hydrogen) atoms. The lowest BCUT2D eigenvalue weighted by atomic mass is 10.2. The lowest BCUT2D eigenvalue weighted by molar-refractivity contribution is 0.580. The fourth-order valence-corrected chi connectivity index (χ4v) is 2.14. The molecule has 94 valence electrons. The van der Waals surface area contributed by atoms with Gasteiger partial charge in [0.1, 0.15) is 5.03 Å². The summed E-state index contributed by atoms with van der Waals surface area (Å²) in [7, 11) is 0. The predicted molar refractivity (Wildman–Crippen MR) is 66.8 cm³/mol. The number of hydrogen-bond donors (Lipinski definition) is 1. The van der Waals surface area contributed by atoms with Crippen LogP contribution >= 0.6 is 11.8 Å². The third kappa shape index (κ3) is 2.56. The molecule has 0 saturated carbocycles. The van der Waals surface area contributed by atoms with Crippen LogP contribution in [-0.4, -0.2) is 19.9 Å². The van der Waals surface area contributed by atoms with Crippen molar-refractivity contribution in [2.24, 2.45) is 0 Å². The van der Waals surface area contributed by atoms with Crippen molar-refractivity contribution in [3.63, 3.8) is 0 Å². The van der Waals surface area contributed by atoms with Crippen LogP contribution in [0.5, 0.6) is 0 Å². The summed E-state index contributed by atoms with van der Waals surface area (Å²) in [6.45, 7) is 5.72. The van der Waals surface area contributed by atoms with Gasteiger partial charge in [0, 0.05) is 11.4 Å². The number of hydrogen-bond acceptors (Lipinski definition) is 6. The number of rotatable bonds is 2. The first-order chi connectivity index (χ1) is 8.47. The van der Waals surface area contributed by atoms with Gasteiger partial charge in [-0.15, -0.1) is 0 Å². The highest BCUT2D eigenvalue weighted by atomic mass is 32.2. The largest absolute Gasteiger partial charge is 0.368 e. The van der Waals surface area contributed by atoms with Crippen LogP contribution in [0.2, 0.25) is 0 Å². The van der Waals surface area contributed by atoms with E-state index in [2.05, 4.69) is 19.9 Å². The Balaban J connectivity index is 2.37. The van der Waals surface area contributed by atoms with Crippen molar-refractivity contribution in [2.75, 3.05) is 5.73 Å². The first-order valence-electron chi connectivity index (χ1n) is 5.25. The normalized spacial score (nSPS) is 10.7. The molecule has 0 bridgehead atoms. The second-order valence-electron chi connectivity index (χ2n) is 3.79. The van der Waals surface area contributed by atoms with Crippen molar-refractivity contribution in [1.82, 2.24) is 19.9 Å². The van der Waals surface area contributed by atoms with Crippen molar-refractivity contribution in [2.45, 2.75) is 31.0 Å². The van der Waals surface area contributed by atoms with E-state index in [1.165, 1.54) is 0 Å². The Hall–Kier alpha value is -1.76. The van der Waals surface area contributed by atoms with Crippen molar-refractivity contribution < 1.29 is 4.39 Å². The Labute approximate surface area is 108 Å². The molecule has 0 saturated heterocycles. The topological polar surface area (TPSA) is 77.6 Å². The highest BCUT2D eigenvalue weighted by Crippen LogP contribution is 2.26. The van der Waals surface area contributed by atoms with Crippen molar-refractivity contribution in [3.8, 4) is 0 Å². The lowest BCUT2D eigenvalue weighted by Crippen LogP contribution is -2.01. The van der Waals surface area contributed by atoms with Gasteiger partial charge in [0.05, 0.1) is 6.20 Å². The molecule has 0 radical (unpaired) electrons. The molecule has 2 aromatic heterocycles. The van der Waals surface area contributed by atoms with Crippen LogP contribution in [-0.2, 0) is 0 Å². The first-order valence-corrected chi connectivity index (χ1v) is 6.06. The van der Waals surface area contributed by atoms with E-state index in [-0.39, 0.29) is 11.0 Å². The van der Waals surface area contributed by atoms with Gasteiger partial charge in [-0.25, -0.2) is 24.3 Å². The van der Waals surface area contributed by atoms with E-state index in [9.17, 15) is 4.39 Å². The number of nitrogen functional groups attached to an aromatic ring is 1. The van der Waals surface area contributed by atoms with E-state index < -0.39 is 5.82 Å². The summed E-state index contributed by atoms with van der Waals surface area (Å²) in [4.78, 5) is 16.0. The molecule has 0 aromatic carbocycles. The maximum absolute atomic E-state index is 13.5. The maximum atomic E-state index is 13.5. The van der Waals surface area contributed by atoms with Gasteiger partial charge in [0.15, 0.2) is 11.0 Å². The molecule has 0 aliphatic rings. The van der Waals surface area contributed by atoms with Crippen LogP contribution in [0.1, 0.15) is 17.0 Å². The van der Waals surface area contributed by atoms with Crippen molar-refractivity contribution in [3.05, 3.63) is 29.0 Å².